The highest BCUT2D eigenvalue weighted by Gasteiger charge is 2.19. The number of carbonyl (C=O) groups is 1. The molecule has 0 spiro atoms. The molecule has 0 unspecified atom stereocenters. The van der Waals surface area contributed by atoms with Gasteiger partial charge in [0.1, 0.15) is 0 Å². The number of hydrogen-bond acceptors (Lipinski definition) is 3. The van der Waals surface area contributed by atoms with Crippen LogP contribution in [0.5, 0.6) is 0 Å². The molecule has 2 aromatic rings. The van der Waals surface area contributed by atoms with Crippen molar-refractivity contribution in [1.82, 2.24) is 15.1 Å². The van der Waals surface area contributed by atoms with Gasteiger partial charge >= 0.3 is 0 Å². The second-order valence-electron chi connectivity index (χ2n) is 6.24. The summed E-state index contributed by atoms with van der Waals surface area (Å²) in [6.07, 6.45) is 4.07. The van der Waals surface area contributed by atoms with E-state index in [2.05, 4.69) is 22.5 Å². The fourth-order valence-corrected chi connectivity index (χ4v) is 3.19. The first-order valence-corrected chi connectivity index (χ1v) is 8.66. The Morgan fingerprint density at radius 1 is 1.29 bits per heavy atom. The molecule has 1 aliphatic heterocycles. The van der Waals surface area contributed by atoms with Gasteiger partial charge in [-0.15, -0.1) is 0 Å². The van der Waals surface area contributed by atoms with Crippen LogP contribution >= 0.6 is 0 Å². The van der Waals surface area contributed by atoms with Crippen LogP contribution in [-0.2, 0) is 42.4 Å². The van der Waals surface area contributed by atoms with Crippen LogP contribution in [0.1, 0.15) is 35.4 Å². The number of benzene rings is 1. The smallest absolute Gasteiger partial charge is 0.220 e. The topological polar surface area (TPSA) is 56.2 Å². The van der Waals surface area contributed by atoms with Crippen LogP contribution in [0, 0.1) is 0 Å². The maximum Gasteiger partial charge on any atom is 0.220 e. The van der Waals surface area contributed by atoms with Gasteiger partial charge in [0.25, 0.3) is 0 Å². The molecule has 1 aromatic carbocycles. The minimum atomic E-state index is 0.118. The van der Waals surface area contributed by atoms with Gasteiger partial charge in [-0.2, -0.15) is 5.10 Å². The summed E-state index contributed by atoms with van der Waals surface area (Å²) in [5, 5.41) is 7.58. The predicted molar refractivity (Wildman–Crippen MR) is 92.7 cm³/mol. The third-order valence-corrected chi connectivity index (χ3v) is 4.48. The molecule has 1 aromatic heterocycles. The number of aromatic nitrogens is 2. The summed E-state index contributed by atoms with van der Waals surface area (Å²) < 4.78 is 7.49. The first kappa shape index (κ1) is 16.7. The molecular weight excluding hydrogens is 302 g/mol. The SMILES string of the molecule is Cn1nc(CCNC(=O)CCCc2ccccc2)c2c1CCOC2. The van der Waals surface area contributed by atoms with Gasteiger partial charge in [0, 0.05) is 44.1 Å². The van der Waals surface area contributed by atoms with Crippen molar-refractivity contribution in [1.29, 1.82) is 0 Å². The fourth-order valence-electron chi connectivity index (χ4n) is 3.19. The molecule has 24 heavy (non-hydrogen) atoms. The molecule has 1 N–H and O–H groups in total. The van der Waals surface area contributed by atoms with Gasteiger partial charge in [0.2, 0.25) is 5.91 Å². The summed E-state index contributed by atoms with van der Waals surface area (Å²) in [4.78, 5) is 12.0. The van der Waals surface area contributed by atoms with E-state index in [0.717, 1.165) is 38.0 Å². The molecule has 5 nitrogen and oxygen atoms in total. The quantitative estimate of drug-likeness (QED) is 0.848. The van der Waals surface area contributed by atoms with E-state index in [1.807, 2.05) is 29.9 Å². The lowest BCUT2D eigenvalue weighted by Gasteiger charge is -2.13. The van der Waals surface area contributed by atoms with E-state index >= 15 is 0 Å². The zero-order valence-corrected chi connectivity index (χ0v) is 14.3. The van der Waals surface area contributed by atoms with E-state index in [0.29, 0.717) is 19.6 Å². The van der Waals surface area contributed by atoms with Crippen molar-refractivity contribution in [3.63, 3.8) is 0 Å². The number of rotatable bonds is 7. The molecular formula is C19H25N3O2. The maximum absolute atomic E-state index is 12.0. The zero-order valence-electron chi connectivity index (χ0n) is 14.3. The number of hydrogen-bond donors (Lipinski definition) is 1. The van der Waals surface area contributed by atoms with E-state index < -0.39 is 0 Å². The Hall–Kier alpha value is -2.14. The third-order valence-electron chi connectivity index (χ3n) is 4.48. The molecule has 0 atom stereocenters. The van der Waals surface area contributed by atoms with Gasteiger partial charge in [-0.1, -0.05) is 30.3 Å². The Morgan fingerprint density at radius 3 is 2.96 bits per heavy atom. The van der Waals surface area contributed by atoms with E-state index in [9.17, 15) is 4.79 Å². The van der Waals surface area contributed by atoms with Gasteiger partial charge in [-0.05, 0) is 18.4 Å². The van der Waals surface area contributed by atoms with Crippen LogP contribution in [0.15, 0.2) is 30.3 Å². The Balaban J connectivity index is 1.39. The summed E-state index contributed by atoms with van der Waals surface area (Å²) in [6, 6.07) is 10.3. The second kappa shape index (κ2) is 8.11. The van der Waals surface area contributed by atoms with Crippen LogP contribution in [0.25, 0.3) is 0 Å². The molecule has 0 saturated carbocycles. The summed E-state index contributed by atoms with van der Waals surface area (Å²) >= 11 is 0. The van der Waals surface area contributed by atoms with Crippen molar-refractivity contribution in [2.75, 3.05) is 13.2 Å². The van der Waals surface area contributed by atoms with Crippen LogP contribution in [-0.4, -0.2) is 28.8 Å². The number of ether oxygens (including phenoxy) is 1. The van der Waals surface area contributed by atoms with Crippen molar-refractivity contribution in [2.45, 2.75) is 38.7 Å². The first-order valence-electron chi connectivity index (χ1n) is 8.66. The summed E-state index contributed by atoms with van der Waals surface area (Å²) in [6.45, 7) is 2.04. The van der Waals surface area contributed by atoms with Crippen LogP contribution in [0.3, 0.4) is 0 Å². The highest BCUT2D eigenvalue weighted by Crippen LogP contribution is 2.20. The highest BCUT2D eigenvalue weighted by atomic mass is 16.5. The predicted octanol–water partition coefficient (Wildman–Crippen LogP) is 2.17. The molecule has 128 valence electrons. The molecule has 1 aliphatic rings. The Bertz CT molecular complexity index is 679. The number of nitrogens with zero attached hydrogens (tertiary/aromatic N) is 2. The van der Waals surface area contributed by atoms with Gasteiger partial charge in [0.05, 0.1) is 18.9 Å². The second-order valence-corrected chi connectivity index (χ2v) is 6.24. The number of nitrogens with one attached hydrogen (secondary N) is 1. The Labute approximate surface area is 143 Å². The molecule has 0 radical (unpaired) electrons. The van der Waals surface area contributed by atoms with Gasteiger partial charge in [-0.25, -0.2) is 0 Å². The Morgan fingerprint density at radius 2 is 2.12 bits per heavy atom. The summed E-state index contributed by atoms with van der Waals surface area (Å²) in [5.74, 6) is 0.118. The van der Waals surface area contributed by atoms with Gasteiger partial charge in [0.15, 0.2) is 0 Å². The van der Waals surface area contributed by atoms with E-state index in [-0.39, 0.29) is 5.91 Å². The van der Waals surface area contributed by atoms with Crippen molar-refractivity contribution in [3.8, 4) is 0 Å². The van der Waals surface area contributed by atoms with Crippen LogP contribution < -0.4 is 5.32 Å². The van der Waals surface area contributed by atoms with Crippen molar-refractivity contribution in [3.05, 3.63) is 52.8 Å². The number of carbonyl (C=O) groups excluding carboxylic acids is 1. The van der Waals surface area contributed by atoms with Crippen LogP contribution in [0.4, 0.5) is 0 Å². The van der Waals surface area contributed by atoms with Gasteiger partial charge < -0.3 is 10.1 Å². The number of aryl methyl sites for hydroxylation is 2. The van der Waals surface area contributed by atoms with E-state index in [1.165, 1.54) is 16.8 Å². The summed E-state index contributed by atoms with van der Waals surface area (Å²) in [7, 11) is 1.98. The van der Waals surface area contributed by atoms with Crippen molar-refractivity contribution >= 4 is 5.91 Å². The lowest BCUT2D eigenvalue weighted by molar-refractivity contribution is -0.121. The highest BCUT2D eigenvalue weighted by molar-refractivity contribution is 5.75. The largest absolute Gasteiger partial charge is 0.376 e. The molecule has 0 fully saturated rings. The minimum absolute atomic E-state index is 0.118. The minimum Gasteiger partial charge on any atom is -0.376 e. The maximum atomic E-state index is 12.0. The molecule has 0 bridgehead atoms. The first-order chi connectivity index (χ1) is 11.7. The Kier molecular flexibility index (Phi) is 5.64. The molecule has 2 heterocycles. The van der Waals surface area contributed by atoms with Crippen molar-refractivity contribution in [2.24, 2.45) is 7.05 Å². The normalized spacial score (nSPS) is 13.5. The molecule has 5 heteroatoms. The molecule has 0 saturated heterocycles. The molecule has 1 amide bonds. The number of amides is 1. The van der Waals surface area contributed by atoms with Crippen LogP contribution in [0.2, 0.25) is 0 Å². The molecule has 3 rings (SSSR count). The van der Waals surface area contributed by atoms with Crippen molar-refractivity contribution < 1.29 is 9.53 Å². The standard InChI is InChI=1S/C19H25N3O2/c1-22-18-11-13-24-14-16(18)17(21-22)10-12-20-19(23)9-5-8-15-6-3-2-4-7-15/h2-4,6-7H,5,8-14H2,1H3,(H,20,23). The number of fused-ring (bicyclic) bond motifs is 1. The van der Waals surface area contributed by atoms with E-state index in [4.69, 9.17) is 4.74 Å². The van der Waals surface area contributed by atoms with Gasteiger partial charge in [-0.3, -0.25) is 9.48 Å². The fraction of sp³-hybridized carbons (Fsp3) is 0.474. The zero-order chi connectivity index (χ0) is 16.8. The van der Waals surface area contributed by atoms with E-state index in [1.54, 1.807) is 0 Å². The lowest BCUT2D eigenvalue weighted by atomic mass is 10.1. The average Bonchev–Trinajstić information content (AvgIpc) is 2.92. The monoisotopic (exact) mass is 327 g/mol. The molecule has 0 aliphatic carbocycles. The lowest BCUT2D eigenvalue weighted by Crippen LogP contribution is -2.26. The average molecular weight is 327 g/mol. The summed E-state index contributed by atoms with van der Waals surface area (Å²) in [5.41, 5.74) is 4.81. The third kappa shape index (κ3) is 4.23.